The molecule has 0 saturated heterocycles. The van der Waals surface area contributed by atoms with Crippen molar-refractivity contribution in [3.05, 3.63) is 64.1 Å². The Labute approximate surface area is 118 Å². The second-order valence-electron chi connectivity index (χ2n) is 4.74. The van der Waals surface area contributed by atoms with Crippen molar-refractivity contribution in [3.8, 4) is 0 Å². The topological polar surface area (TPSA) is 51.1 Å². The van der Waals surface area contributed by atoms with Crippen LogP contribution in [-0.4, -0.2) is 10.5 Å². The third-order valence-corrected chi connectivity index (χ3v) is 3.09. The smallest absolute Gasteiger partial charge is 0.274 e. The Kier molecular flexibility index (Phi) is 4.35. The van der Waals surface area contributed by atoms with Crippen molar-refractivity contribution < 1.29 is 4.79 Å². The van der Waals surface area contributed by atoms with Crippen molar-refractivity contribution in [2.75, 3.05) is 5.32 Å². The van der Waals surface area contributed by atoms with Crippen LogP contribution >= 0.6 is 0 Å². The molecule has 0 fully saturated rings. The molecule has 0 aliphatic rings. The van der Waals surface area contributed by atoms with E-state index in [0.29, 0.717) is 18.7 Å². The Morgan fingerprint density at radius 2 is 1.90 bits per heavy atom. The third kappa shape index (κ3) is 3.35. The highest BCUT2D eigenvalue weighted by Crippen LogP contribution is 2.06. The van der Waals surface area contributed by atoms with E-state index in [1.807, 2.05) is 31.2 Å². The first-order valence-electron chi connectivity index (χ1n) is 6.65. The molecular weight excluding hydrogens is 252 g/mol. The maximum Gasteiger partial charge on any atom is 0.274 e. The zero-order valence-electron chi connectivity index (χ0n) is 11.7. The van der Waals surface area contributed by atoms with E-state index >= 15 is 0 Å². The van der Waals surface area contributed by atoms with Crippen LogP contribution < -0.4 is 10.9 Å². The number of carbonyl (C=O) groups is 1. The van der Waals surface area contributed by atoms with Gasteiger partial charge in [-0.25, -0.2) is 0 Å². The van der Waals surface area contributed by atoms with Crippen LogP contribution in [0, 0.1) is 6.92 Å². The molecule has 4 nitrogen and oxygen atoms in total. The summed E-state index contributed by atoms with van der Waals surface area (Å²) in [5.74, 6) is -0.157. The van der Waals surface area contributed by atoms with E-state index in [4.69, 9.17) is 0 Å². The van der Waals surface area contributed by atoms with Crippen LogP contribution in [0.25, 0.3) is 0 Å². The van der Waals surface area contributed by atoms with Crippen molar-refractivity contribution in [2.45, 2.75) is 26.8 Å². The monoisotopic (exact) mass is 270 g/mol. The number of nitrogens with zero attached hydrogens (tertiary/aromatic N) is 1. The van der Waals surface area contributed by atoms with Gasteiger partial charge >= 0.3 is 0 Å². The number of anilines is 1. The van der Waals surface area contributed by atoms with Gasteiger partial charge in [0.25, 0.3) is 5.56 Å². The van der Waals surface area contributed by atoms with Crippen LogP contribution in [0.3, 0.4) is 0 Å². The summed E-state index contributed by atoms with van der Waals surface area (Å²) in [7, 11) is 0. The molecule has 0 radical (unpaired) electrons. The fourth-order valence-electron chi connectivity index (χ4n) is 1.89. The fraction of sp³-hybridized carbons (Fsp3) is 0.250. The van der Waals surface area contributed by atoms with Gasteiger partial charge in [0.05, 0.1) is 6.54 Å². The number of hydrogen-bond donors (Lipinski definition) is 1. The molecule has 0 aliphatic carbocycles. The predicted molar refractivity (Wildman–Crippen MR) is 79.9 cm³/mol. The second-order valence-corrected chi connectivity index (χ2v) is 4.74. The summed E-state index contributed by atoms with van der Waals surface area (Å²) >= 11 is 0. The largest absolute Gasteiger partial charge is 0.321 e. The lowest BCUT2D eigenvalue weighted by atomic mass is 10.1. The summed E-state index contributed by atoms with van der Waals surface area (Å²) in [6, 6.07) is 11.4. The normalized spacial score (nSPS) is 10.3. The molecule has 0 saturated carbocycles. The minimum atomic E-state index is -0.185. The Balaban J connectivity index is 2.24. The van der Waals surface area contributed by atoms with E-state index in [1.54, 1.807) is 29.8 Å². The van der Waals surface area contributed by atoms with Gasteiger partial charge in [0.2, 0.25) is 5.91 Å². The van der Waals surface area contributed by atoms with Crippen molar-refractivity contribution in [3.63, 3.8) is 0 Å². The highest BCUT2D eigenvalue weighted by Gasteiger charge is 2.06. The standard InChI is InChI=1S/C16H18N2O2/c1-3-15(19)17-14-5-4-10-18(16(14)20)11-13-8-6-12(2)7-9-13/h4-10H,3,11H2,1-2H3,(H,17,19). The van der Waals surface area contributed by atoms with Gasteiger partial charge < -0.3 is 9.88 Å². The maximum atomic E-state index is 12.2. The minimum absolute atomic E-state index is 0.157. The van der Waals surface area contributed by atoms with Gasteiger partial charge in [0.15, 0.2) is 0 Å². The second kappa shape index (κ2) is 6.19. The third-order valence-electron chi connectivity index (χ3n) is 3.09. The molecule has 2 aromatic rings. The highest BCUT2D eigenvalue weighted by molar-refractivity contribution is 5.90. The SMILES string of the molecule is CCC(=O)Nc1cccn(Cc2ccc(C)cc2)c1=O. The molecule has 0 bridgehead atoms. The van der Waals surface area contributed by atoms with Crippen LogP contribution in [0.5, 0.6) is 0 Å². The zero-order valence-corrected chi connectivity index (χ0v) is 11.7. The summed E-state index contributed by atoms with van der Waals surface area (Å²) in [5, 5.41) is 2.62. The number of benzene rings is 1. The Bertz CT molecular complexity index is 657. The Morgan fingerprint density at radius 3 is 2.55 bits per heavy atom. The molecular formula is C16H18N2O2. The van der Waals surface area contributed by atoms with Gasteiger partial charge in [0, 0.05) is 12.6 Å². The lowest BCUT2D eigenvalue weighted by Gasteiger charge is -2.09. The van der Waals surface area contributed by atoms with E-state index in [0.717, 1.165) is 5.56 Å². The van der Waals surface area contributed by atoms with Crippen LogP contribution in [-0.2, 0) is 11.3 Å². The van der Waals surface area contributed by atoms with Gasteiger partial charge in [-0.05, 0) is 24.6 Å². The molecule has 0 spiro atoms. The van der Waals surface area contributed by atoms with Gasteiger partial charge in [-0.1, -0.05) is 36.8 Å². The Hall–Kier alpha value is -2.36. The number of aryl methyl sites for hydroxylation is 1. The van der Waals surface area contributed by atoms with Crippen LogP contribution in [0.4, 0.5) is 5.69 Å². The van der Waals surface area contributed by atoms with Crippen LogP contribution in [0.2, 0.25) is 0 Å². The maximum absolute atomic E-state index is 12.2. The molecule has 0 atom stereocenters. The number of aromatic nitrogens is 1. The van der Waals surface area contributed by atoms with Gasteiger partial charge in [-0.2, -0.15) is 0 Å². The molecule has 2 rings (SSSR count). The number of hydrogen-bond acceptors (Lipinski definition) is 2. The molecule has 1 aromatic heterocycles. The number of rotatable bonds is 4. The summed E-state index contributed by atoms with van der Waals surface area (Å²) in [6.07, 6.45) is 2.08. The van der Waals surface area contributed by atoms with Crippen molar-refractivity contribution in [1.82, 2.24) is 4.57 Å². The Morgan fingerprint density at radius 1 is 1.20 bits per heavy atom. The van der Waals surface area contributed by atoms with Gasteiger partial charge in [-0.15, -0.1) is 0 Å². The average Bonchev–Trinajstić information content (AvgIpc) is 2.45. The molecule has 0 aliphatic heterocycles. The molecule has 1 N–H and O–H groups in total. The number of pyridine rings is 1. The minimum Gasteiger partial charge on any atom is -0.321 e. The number of carbonyl (C=O) groups excluding carboxylic acids is 1. The average molecular weight is 270 g/mol. The number of nitrogens with one attached hydrogen (secondary N) is 1. The van der Waals surface area contributed by atoms with E-state index < -0.39 is 0 Å². The van der Waals surface area contributed by atoms with Gasteiger partial charge in [-0.3, -0.25) is 9.59 Å². The van der Waals surface area contributed by atoms with E-state index in [1.165, 1.54) is 5.56 Å². The van der Waals surface area contributed by atoms with E-state index in [-0.39, 0.29) is 11.5 Å². The fourth-order valence-corrected chi connectivity index (χ4v) is 1.89. The first kappa shape index (κ1) is 14.1. The molecule has 104 valence electrons. The molecule has 1 aromatic carbocycles. The van der Waals surface area contributed by atoms with Crippen molar-refractivity contribution in [1.29, 1.82) is 0 Å². The summed E-state index contributed by atoms with van der Waals surface area (Å²) in [5.41, 5.74) is 2.38. The zero-order chi connectivity index (χ0) is 14.5. The van der Waals surface area contributed by atoms with Crippen LogP contribution in [0.1, 0.15) is 24.5 Å². The first-order valence-corrected chi connectivity index (χ1v) is 6.65. The van der Waals surface area contributed by atoms with Crippen molar-refractivity contribution in [2.24, 2.45) is 0 Å². The molecule has 1 amide bonds. The number of amides is 1. The lowest BCUT2D eigenvalue weighted by molar-refractivity contribution is -0.115. The first-order chi connectivity index (χ1) is 9.60. The van der Waals surface area contributed by atoms with E-state index in [9.17, 15) is 9.59 Å². The molecule has 4 heteroatoms. The highest BCUT2D eigenvalue weighted by atomic mass is 16.2. The van der Waals surface area contributed by atoms with Crippen LogP contribution in [0.15, 0.2) is 47.4 Å². The summed E-state index contributed by atoms with van der Waals surface area (Å²) < 4.78 is 1.59. The lowest BCUT2D eigenvalue weighted by Crippen LogP contribution is -2.25. The van der Waals surface area contributed by atoms with E-state index in [2.05, 4.69) is 5.32 Å². The summed E-state index contributed by atoms with van der Waals surface area (Å²) in [4.78, 5) is 23.6. The van der Waals surface area contributed by atoms with Crippen molar-refractivity contribution >= 4 is 11.6 Å². The molecule has 0 unspecified atom stereocenters. The molecule has 1 heterocycles. The summed E-state index contributed by atoms with van der Waals surface area (Å²) in [6.45, 7) is 4.27. The quantitative estimate of drug-likeness (QED) is 0.928. The molecule has 20 heavy (non-hydrogen) atoms. The predicted octanol–water partition coefficient (Wildman–Crippen LogP) is 2.55. The van der Waals surface area contributed by atoms with Gasteiger partial charge in [0.1, 0.15) is 5.69 Å².